The number of rotatable bonds is 3. The van der Waals surface area contributed by atoms with Crippen molar-refractivity contribution in [3.8, 4) is 10.8 Å². The van der Waals surface area contributed by atoms with Gasteiger partial charge in [0.05, 0.1) is 4.88 Å². The fourth-order valence-electron chi connectivity index (χ4n) is 5.65. The average Bonchev–Trinajstić information content (AvgIpc) is 3.06. The Labute approximate surface area is 128 Å². The second-order valence-corrected chi connectivity index (χ2v) is 8.52. The van der Waals surface area contributed by atoms with Crippen LogP contribution in [0.3, 0.4) is 0 Å². The Kier molecular flexibility index (Phi) is 2.61. The van der Waals surface area contributed by atoms with E-state index in [4.69, 9.17) is 4.42 Å². The van der Waals surface area contributed by atoms with Crippen molar-refractivity contribution in [1.82, 2.24) is 10.2 Å². The molecule has 2 heterocycles. The number of thiophene rings is 1. The Balaban J connectivity index is 1.40. The lowest BCUT2D eigenvalue weighted by molar-refractivity contribution is -0.0550. The van der Waals surface area contributed by atoms with E-state index in [0.29, 0.717) is 11.3 Å². The molecule has 21 heavy (non-hydrogen) atoms. The number of hydrogen-bond donors (Lipinski definition) is 0. The zero-order valence-electron chi connectivity index (χ0n) is 12.1. The first-order chi connectivity index (χ1) is 10.3. The fraction of sp³-hybridized carbons (Fsp3) is 0.647. The molecule has 110 valence electrons. The zero-order chi connectivity index (χ0) is 13.9. The summed E-state index contributed by atoms with van der Waals surface area (Å²) in [6, 6.07) is 4.08. The Morgan fingerprint density at radius 1 is 1.10 bits per heavy atom. The van der Waals surface area contributed by atoms with Gasteiger partial charge >= 0.3 is 0 Å². The van der Waals surface area contributed by atoms with E-state index in [1.165, 1.54) is 38.5 Å². The van der Waals surface area contributed by atoms with Gasteiger partial charge in [-0.1, -0.05) is 6.07 Å². The van der Waals surface area contributed by atoms with E-state index in [1.807, 2.05) is 12.1 Å². The molecular formula is C17H20N2OS. The molecule has 3 nitrogen and oxygen atoms in total. The SMILES string of the molecule is c1csc(-c2nnc(CC34CC5CC(CC(C5)C3)C4)o2)c1. The first kappa shape index (κ1) is 12.4. The zero-order valence-corrected chi connectivity index (χ0v) is 12.9. The minimum absolute atomic E-state index is 0.480. The Morgan fingerprint density at radius 3 is 2.43 bits per heavy atom. The molecule has 0 amide bonds. The molecule has 2 aromatic rings. The predicted octanol–water partition coefficient (Wildman–Crippen LogP) is 4.56. The molecule has 2 aromatic heterocycles. The summed E-state index contributed by atoms with van der Waals surface area (Å²) in [5, 5.41) is 10.6. The quantitative estimate of drug-likeness (QED) is 0.834. The van der Waals surface area contributed by atoms with E-state index in [0.717, 1.165) is 34.9 Å². The number of hydrogen-bond acceptors (Lipinski definition) is 4. The molecule has 4 aliphatic rings. The first-order valence-corrected chi connectivity index (χ1v) is 9.02. The van der Waals surface area contributed by atoms with Gasteiger partial charge in [-0.05, 0) is 73.1 Å². The van der Waals surface area contributed by atoms with Gasteiger partial charge in [-0.15, -0.1) is 21.5 Å². The summed E-state index contributed by atoms with van der Waals surface area (Å²) in [5.41, 5.74) is 0.480. The van der Waals surface area contributed by atoms with E-state index in [2.05, 4.69) is 15.6 Å². The molecule has 4 saturated carbocycles. The van der Waals surface area contributed by atoms with Gasteiger partial charge < -0.3 is 4.42 Å². The van der Waals surface area contributed by atoms with Crippen molar-refractivity contribution in [2.45, 2.75) is 44.9 Å². The Bertz CT molecular complexity index is 610. The lowest BCUT2D eigenvalue weighted by Crippen LogP contribution is -2.47. The van der Waals surface area contributed by atoms with E-state index >= 15 is 0 Å². The van der Waals surface area contributed by atoms with Crippen molar-refractivity contribution < 1.29 is 4.42 Å². The third-order valence-corrected chi connectivity index (χ3v) is 6.75. The van der Waals surface area contributed by atoms with Gasteiger partial charge in [0, 0.05) is 6.42 Å². The minimum atomic E-state index is 0.480. The summed E-state index contributed by atoms with van der Waals surface area (Å²) in [4.78, 5) is 1.08. The highest BCUT2D eigenvalue weighted by Gasteiger charge is 2.51. The Morgan fingerprint density at radius 2 is 1.81 bits per heavy atom. The van der Waals surface area contributed by atoms with Crippen LogP contribution in [0, 0.1) is 23.2 Å². The van der Waals surface area contributed by atoms with Gasteiger partial charge in [0.1, 0.15) is 0 Å². The molecule has 0 aliphatic heterocycles. The van der Waals surface area contributed by atoms with E-state index in [1.54, 1.807) is 11.3 Å². The number of nitrogens with zero attached hydrogens (tertiary/aromatic N) is 2. The largest absolute Gasteiger partial charge is 0.420 e. The van der Waals surface area contributed by atoms with Crippen molar-refractivity contribution >= 4 is 11.3 Å². The van der Waals surface area contributed by atoms with E-state index < -0.39 is 0 Å². The summed E-state index contributed by atoms with van der Waals surface area (Å²) in [6.07, 6.45) is 9.67. The topological polar surface area (TPSA) is 38.9 Å². The molecule has 6 rings (SSSR count). The van der Waals surface area contributed by atoms with Crippen LogP contribution in [0.15, 0.2) is 21.9 Å². The van der Waals surface area contributed by atoms with Crippen LogP contribution in [0.25, 0.3) is 10.8 Å². The molecule has 0 unspecified atom stereocenters. The third kappa shape index (κ3) is 2.07. The highest BCUT2D eigenvalue weighted by molar-refractivity contribution is 7.13. The van der Waals surface area contributed by atoms with Gasteiger partial charge in [0.2, 0.25) is 5.89 Å². The predicted molar refractivity (Wildman–Crippen MR) is 81.9 cm³/mol. The van der Waals surface area contributed by atoms with Gasteiger partial charge in [-0.25, -0.2) is 0 Å². The summed E-state index contributed by atoms with van der Waals surface area (Å²) in [7, 11) is 0. The van der Waals surface area contributed by atoms with E-state index in [-0.39, 0.29) is 0 Å². The molecule has 4 heteroatoms. The van der Waals surface area contributed by atoms with Gasteiger partial charge in [0.15, 0.2) is 0 Å². The summed E-state index contributed by atoms with van der Waals surface area (Å²) < 4.78 is 5.96. The molecule has 4 bridgehead atoms. The van der Waals surface area contributed by atoms with Crippen molar-refractivity contribution in [1.29, 1.82) is 0 Å². The van der Waals surface area contributed by atoms with E-state index in [9.17, 15) is 0 Å². The van der Waals surface area contributed by atoms with Crippen LogP contribution in [0.4, 0.5) is 0 Å². The lowest BCUT2D eigenvalue weighted by atomic mass is 9.49. The maximum Gasteiger partial charge on any atom is 0.257 e. The van der Waals surface area contributed by atoms with Crippen LogP contribution in [-0.2, 0) is 6.42 Å². The summed E-state index contributed by atoms with van der Waals surface area (Å²) in [6.45, 7) is 0. The van der Waals surface area contributed by atoms with Crippen molar-refractivity contribution in [2.24, 2.45) is 23.2 Å². The van der Waals surface area contributed by atoms with Crippen LogP contribution in [0.2, 0.25) is 0 Å². The molecule has 0 radical (unpaired) electrons. The highest BCUT2D eigenvalue weighted by atomic mass is 32.1. The molecule has 0 atom stereocenters. The van der Waals surface area contributed by atoms with Crippen LogP contribution in [0.1, 0.15) is 44.4 Å². The normalized spacial score (nSPS) is 37.2. The summed E-state index contributed by atoms with van der Waals surface area (Å²) in [5.74, 6) is 4.51. The standard InChI is InChI=1S/C17H20N2OS/c1-2-14(21-3-1)16-19-18-15(20-16)10-17-7-11-4-12(8-17)6-13(5-11)9-17/h1-3,11-13H,4-10H2. The second kappa shape index (κ2) is 4.42. The molecular weight excluding hydrogens is 280 g/mol. The first-order valence-electron chi connectivity index (χ1n) is 8.14. The maximum atomic E-state index is 5.96. The Hall–Kier alpha value is -1.16. The van der Waals surface area contributed by atoms with Crippen LogP contribution in [-0.4, -0.2) is 10.2 Å². The van der Waals surface area contributed by atoms with Crippen molar-refractivity contribution in [3.05, 3.63) is 23.4 Å². The number of aromatic nitrogens is 2. The van der Waals surface area contributed by atoms with Crippen LogP contribution in [0.5, 0.6) is 0 Å². The smallest absolute Gasteiger partial charge is 0.257 e. The molecule has 0 saturated heterocycles. The molecule has 4 aliphatic carbocycles. The van der Waals surface area contributed by atoms with Crippen molar-refractivity contribution in [2.75, 3.05) is 0 Å². The fourth-order valence-corrected chi connectivity index (χ4v) is 6.30. The minimum Gasteiger partial charge on any atom is -0.420 e. The summed E-state index contributed by atoms with van der Waals surface area (Å²) >= 11 is 1.66. The second-order valence-electron chi connectivity index (χ2n) is 7.57. The third-order valence-electron chi connectivity index (χ3n) is 5.89. The van der Waals surface area contributed by atoms with Gasteiger partial charge in [-0.3, -0.25) is 0 Å². The highest BCUT2D eigenvalue weighted by Crippen LogP contribution is 2.60. The monoisotopic (exact) mass is 300 g/mol. The van der Waals surface area contributed by atoms with Crippen LogP contribution < -0.4 is 0 Å². The van der Waals surface area contributed by atoms with Crippen molar-refractivity contribution in [3.63, 3.8) is 0 Å². The maximum absolute atomic E-state index is 5.96. The van der Waals surface area contributed by atoms with Crippen LogP contribution >= 0.6 is 11.3 Å². The van der Waals surface area contributed by atoms with Gasteiger partial charge in [-0.2, -0.15) is 0 Å². The molecule has 0 aromatic carbocycles. The average molecular weight is 300 g/mol. The molecule has 0 N–H and O–H groups in total. The molecule has 4 fully saturated rings. The lowest BCUT2D eigenvalue weighted by Gasteiger charge is -2.56. The van der Waals surface area contributed by atoms with Gasteiger partial charge in [0.25, 0.3) is 5.89 Å². The molecule has 0 spiro atoms.